The second-order valence-corrected chi connectivity index (χ2v) is 13.8. The summed E-state index contributed by atoms with van der Waals surface area (Å²) in [5.41, 5.74) is 0.666. The quantitative estimate of drug-likeness (QED) is 0.101. The third-order valence-corrected chi connectivity index (χ3v) is 7.84. The number of nitrogens with one attached hydrogen (secondary N) is 1. The zero-order valence-corrected chi connectivity index (χ0v) is 28.3. The van der Waals surface area contributed by atoms with Crippen LogP contribution in [-0.4, -0.2) is 43.2 Å². The van der Waals surface area contributed by atoms with Gasteiger partial charge in [0.05, 0.1) is 18.3 Å². The maximum atomic E-state index is 13.5. The highest BCUT2D eigenvalue weighted by Gasteiger charge is 2.37. The van der Waals surface area contributed by atoms with Crippen molar-refractivity contribution in [1.82, 2.24) is 5.32 Å². The zero-order chi connectivity index (χ0) is 33.8. The molecule has 0 aliphatic heterocycles. The van der Waals surface area contributed by atoms with Crippen molar-refractivity contribution in [2.75, 3.05) is 13.9 Å². The third kappa shape index (κ3) is 13.2. The van der Waals surface area contributed by atoms with E-state index in [4.69, 9.17) is 32.5 Å². The number of alkyl carbamates (subject to hydrolysis) is 1. The molecule has 3 aromatic rings. The van der Waals surface area contributed by atoms with Gasteiger partial charge in [0.1, 0.15) is 19.3 Å². The summed E-state index contributed by atoms with van der Waals surface area (Å²) in [5, 5.41) is 2.57. The molecule has 3 aromatic carbocycles. The van der Waals surface area contributed by atoms with Crippen LogP contribution in [0.25, 0.3) is 0 Å². The summed E-state index contributed by atoms with van der Waals surface area (Å²) in [5.74, 6) is -0.0578. The number of carbonyl (C=O) groups excluding carboxylic acids is 2. The normalized spacial score (nSPS) is 12.6. The summed E-state index contributed by atoms with van der Waals surface area (Å²) in [6.07, 6.45) is -0.734. The van der Waals surface area contributed by atoms with Gasteiger partial charge in [-0.05, 0) is 70.4 Å². The Morgan fingerprint density at radius 1 is 0.739 bits per heavy atom. The number of benzene rings is 3. The predicted molar refractivity (Wildman–Crippen MR) is 172 cm³/mol. The molecule has 0 bridgehead atoms. The summed E-state index contributed by atoms with van der Waals surface area (Å²) in [6, 6.07) is 22.7. The molecule has 3 rings (SSSR count). The van der Waals surface area contributed by atoms with E-state index < -0.39 is 43.9 Å². The van der Waals surface area contributed by atoms with E-state index in [-0.39, 0.29) is 25.4 Å². The molecule has 0 saturated carbocycles. The van der Waals surface area contributed by atoms with Crippen LogP contribution in [0, 0.1) is 0 Å². The van der Waals surface area contributed by atoms with Crippen molar-refractivity contribution >= 4 is 19.9 Å². The average Bonchev–Trinajstić information content (AvgIpc) is 2.98. The van der Waals surface area contributed by atoms with E-state index in [1.165, 1.54) is 7.11 Å². The first-order valence-corrected chi connectivity index (χ1v) is 16.2. The molecule has 0 fully saturated rings. The minimum Gasteiger partial charge on any atom is -0.485 e. The highest BCUT2D eigenvalue weighted by molar-refractivity contribution is 7.48. The van der Waals surface area contributed by atoms with Crippen molar-refractivity contribution in [3.63, 3.8) is 0 Å². The van der Waals surface area contributed by atoms with Crippen molar-refractivity contribution in [3.05, 3.63) is 95.6 Å². The van der Waals surface area contributed by atoms with Crippen molar-refractivity contribution in [3.8, 4) is 11.5 Å². The molecule has 0 heterocycles. The lowest BCUT2D eigenvalue weighted by molar-refractivity contribution is -0.143. The summed E-state index contributed by atoms with van der Waals surface area (Å²) < 4.78 is 52.6. The number of esters is 1. The van der Waals surface area contributed by atoms with Crippen LogP contribution in [0.2, 0.25) is 0 Å². The third-order valence-electron chi connectivity index (χ3n) is 5.87. The second-order valence-electron chi connectivity index (χ2n) is 12.3. The molecule has 0 radical (unpaired) electrons. The standard InChI is InChI=1S/C34H44NO10P/c1-33(2,3)44-46(38,45-34(4,5)6)43-24-42-30-21-27(18-19-29(30)40-22-25-14-10-8-11-15-25)20-28(31(36)39-7)35-32(37)41-23-26-16-12-9-13-17-26/h8-19,21,28H,20,22-24H2,1-7H3,(H,35,37)/t28-/m0/s1. The molecule has 1 amide bonds. The fourth-order valence-electron chi connectivity index (χ4n) is 4.02. The number of carbonyl (C=O) groups is 2. The van der Waals surface area contributed by atoms with Gasteiger partial charge in [-0.15, -0.1) is 0 Å². The fraction of sp³-hybridized carbons (Fsp3) is 0.412. The number of rotatable bonds is 15. The number of amides is 1. The maximum Gasteiger partial charge on any atom is 0.478 e. The number of hydrogen-bond acceptors (Lipinski definition) is 10. The Labute approximate surface area is 271 Å². The number of ether oxygens (including phenoxy) is 4. The number of methoxy groups -OCH3 is 1. The monoisotopic (exact) mass is 657 g/mol. The smallest absolute Gasteiger partial charge is 0.478 e. The molecule has 12 heteroatoms. The van der Waals surface area contributed by atoms with E-state index in [1.807, 2.05) is 60.7 Å². The molecule has 250 valence electrons. The summed E-state index contributed by atoms with van der Waals surface area (Å²) in [4.78, 5) is 25.2. The summed E-state index contributed by atoms with van der Waals surface area (Å²) in [7, 11) is -2.83. The largest absolute Gasteiger partial charge is 0.485 e. The molecule has 0 unspecified atom stereocenters. The number of phosphoric acid groups is 1. The van der Waals surface area contributed by atoms with Crippen molar-refractivity contribution in [2.45, 2.75) is 78.4 Å². The van der Waals surface area contributed by atoms with Crippen LogP contribution in [0.15, 0.2) is 78.9 Å². The van der Waals surface area contributed by atoms with Gasteiger partial charge in [-0.2, -0.15) is 0 Å². The second kappa shape index (κ2) is 16.6. The molecule has 0 spiro atoms. The van der Waals surface area contributed by atoms with Crippen LogP contribution in [-0.2, 0) is 52.0 Å². The van der Waals surface area contributed by atoms with E-state index in [1.54, 1.807) is 59.7 Å². The first-order chi connectivity index (χ1) is 21.6. The van der Waals surface area contributed by atoms with Gasteiger partial charge in [0.2, 0.25) is 6.79 Å². The summed E-state index contributed by atoms with van der Waals surface area (Å²) >= 11 is 0. The number of hydrogen-bond donors (Lipinski definition) is 1. The van der Waals surface area contributed by atoms with E-state index in [0.717, 1.165) is 11.1 Å². The molecule has 1 N–H and O–H groups in total. The van der Waals surface area contributed by atoms with Gasteiger partial charge in [0.15, 0.2) is 11.5 Å². The maximum absolute atomic E-state index is 13.5. The van der Waals surface area contributed by atoms with Crippen LogP contribution in [0.5, 0.6) is 11.5 Å². The van der Waals surface area contributed by atoms with Gasteiger partial charge in [0, 0.05) is 6.42 Å². The Morgan fingerprint density at radius 2 is 1.30 bits per heavy atom. The van der Waals surface area contributed by atoms with Crippen molar-refractivity contribution < 1.29 is 46.7 Å². The molecule has 0 saturated heterocycles. The molecule has 0 aliphatic carbocycles. The van der Waals surface area contributed by atoms with Crippen LogP contribution in [0.1, 0.15) is 58.2 Å². The Bertz CT molecular complexity index is 1430. The van der Waals surface area contributed by atoms with Crippen LogP contribution < -0.4 is 14.8 Å². The average molecular weight is 658 g/mol. The number of phosphoric ester groups is 1. The highest BCUT2D eigenvalue weighted by atomic mass is 31.2. The zero-order valence-electron chi connectivity index (χ0n) is 27.4. The Kier molecular flexibility index (Phi) is 13.2. The van der Waals surface area contributed by atoms with Crippen LogP contribution in [0.4, 0.5) is 4.79 Å². The Balaban J connectivity index is 1.79. The molecule has 0 aromatic heterocycles. The predicted octanol–water partition coefficient (Wildman–Crippen LogP) is 7.37. The minimum atomic E-state index is -4.06. The first-order valence-electron chi connectivity index (χ1n) is 14.8. The van der Waals surface area contributed by atoms with Crippen LogP contribution >= 0.6 is 7.82 Å². The van der Waals surface area contributed by atoms with Gasteiger partial charge < -0.3 is 24.3 Å². The van der Waals surface area contributed by atoms with Gasteiger partial charge in [-0.25, -0.2) is 18.7 Å². The van der Waals surface area contributed by atoms with E-state index in [9.17, 15) is 14.2 Å². The summed E-state index contributed by atoms with van der Waals surface area (Å²) in [6.45, 7) is 10.2. The Morgan fingerprint density at radius 3 is 1.85 bits per heavy atom. The molecular weight excluding hydrogens is 613 g/mol. The molecule has 1 atom stereocenters. The lowest BCUT2D eigenvalue weighted by Crippen LogP contribution is -2.43. The first kappa shape index (κ1) is 36.6. The highest BCUT2D eigenvalue weighted by Crippen LogP contribution is 2.55. The molecule has 11 nitrogen and oxygen atoms in total. The van der Waals surface area contributed by atoms with E-state index in [2.05, 4.69) is 5.32 Å². The van der Waals surface area contributed by atoms with Crippen molar-refractivity contribution in [1.29, 1.82) is 0 Å². The van der Waals surface area contributed by atoms with Gasteiger partial charge >= 0.3 is 19.9 Å². The lowest BCUT2D eigenvalue weighted by atomic mass is 10.1. The Hall–Kier alpha value is -3.89. The topological polar surface area (TPSA) is 128 Å². The fourth-order valence-corrected chi connectivity index (χ4v) is 5.69. The SMILES string of the molecule is COC(=O)[C@H](Cc1ccc(OCc2ccccc2)c(OCOP(=O)(OC(C)(C)C)OC(C)(C)C)c1)NC(=O)OCc1ccccc1. The van der Waals surface area contributed by atoms with Gasteiger partial charge in [-0.3, -0.25) is 9.05 Å². The van der Waals surface area contributed by atoms with Gasteiger partial charge in [-0.1, -0.05) is 66.7 Å². The van der Waals surface area contributed by atoms with Crippen molar-refractivity contribution in [2.24, 2.45) is 0 Å². The molecule has 46 heavy (non-hydrogen) atoms. The minimum absolute atomic E-state index is 0.0354. The lowest BCUT2D eigenvalue weighted by Gasteiger charge is -2.30. The van der Waals surface area contributed by atoms with Crippen LogP contribution in [0.3, 0.4) is 0 Å². The van der Waals surface area contributed by atoms with E-state index in [0.29, 0.717) is 11.3 Å². The van der Waals surface area contributed by atoms with Gasteiger partial charge in [0.25, 0.3) is 0 Å². The molecule has 0 aliphatic rings. The van der Waals surface area contributed by atoms with E-state index >= 15 is 0 Å². The molecular formula is C34H44NO10P.